The van der Waals surface area contributed by atoms with Gasteiger partial charge in [-0.05, 0) is 30.0 Å². The molecule has 2 aromatic rings. The normalized spacial score (nSPS) is 10.4. The zero-order valence-electron chi connectivity index (χ0n) is 10.4. The van der Waals surface area contributed by atoms with Crippen molar-refractivity contribution in [1.82, 2.24) is 5.32 Å². The third-order valence-electron chi connectivity index (χ3n) is 2.56. The maximum absolute atomic E-state index is 13.3. The predicted molar refractivity (Wildman–Crippen MR) is 75.9 cm³/mol. The Morgan fingerprint density at radius 3 is 2.79 bits per heavy atom. The fraction of sp³-hybridized carbons (Fsp3) is 0.214. The molecule has 1 aromatic carbocycles. The van der Waals surface area contributed by atoms with Gasteiger partial charge in [-0.25, -0.2) is 4.39 Å². The summed E-state index contributed by atoms with van der Waals surface area (Å²) in [5.41, 5.74) is 0.215. The van der Waals surface area contributed by atoms with E-state index in [0.29, 0.717) is 0 Å². The van der Waals surface area contributed by atoms with Crippen molar-refractivity contribution in [3.63, 3.8) is 0 Å². The van der Waals surface area contributed by atoms with Gasteiger partial charge in [0.1, 0.15) is 5.82 Å². The number of rotatable bonds is 6. The topological polar surface area (TPSA) is 41.1 Å². The minimum absolute atomic E-state index is 0.180. The van der Waals surface area contributed by atoms with Gasteiger partial charge < -0.3 is 10.6 Å². The van der Waals surface area contributed by atoms with Gasteiger partial charge in [0.05, 0.1) is 12.2 Å². The van der Waals surface area contributed by atoms with Crippen LogP contribution in [0.3, 0.4) is 0 Å². The largest absolute Gasteiger partial charge is 0.322 e. The van der Waals surface area contributed by atoms with Crippen molar-refractivity contribution in [2.75, 3.05) is 18.4 Å². The van der Waals surface area contributed by atoms with Crippen LogP contribution >= 0.6 is 11.3 Å². The van der Waals surface area contributed by atoms with E-state index in [-0.39, 0.29) is 18.1 Å². The van der Waals surface area contributed by atoms with Crippen molar-refractivity contribution in [2.45, 2.75) is 6.42 Å². The first kappa shape index (κ1) is 13.7. The maximum Gasteiger partial charge on any atom is 0.238 e. The van der Waals surface area contributed by atoms with Crippen LogP contribution in [0, 0.1) is 5.82 Å². The summed E-state index contributed by atoms with van der Waals surface area (Å²) >= 11 is 1.70. The van der Waals surface area contributed by atoms with Crippen LogP contribution in [0.25, 0.3) is 0 Å². The number of carbonyl (C=O) groups is 1. The van der Waals surface area contributed by atoms with Gasteiger partial charge in [-0.3, -0.25) is 4.79 Å². The number of anilines is 1. The Hall–Kier alpha value is -1.72. The Kier molecular flexibility index (Phi) is 5.06. The molecule has 19 heavy (non-hydrogen) atoms. The number of hydrogen-bond acceptors (Lipinski definition) is 3. The van der Waals surface area contributed by atoms with E-state index >= 15 is 0 Å². The Labute approximate surface area is 115 Å². The predicted octanol–water partition coefficient (Wildman–Crippen LogP) is 2.66. The molecule has 1 heterocycles. The molecule has 0 saturated carbocycles. The lowest BCUT2D eigenvalue weighted by atomic mass is 10.3. The average Bonchev–Trinajstić information content (AvgIpc) is 2.91. The lowest BCUT2D eigenvalue weighted by Gasteiger charge is -2.07. The molecule has 1 amide bonds. The highest BCUT2D eigenvalue weighted by molar-refractivity contribution is 7.09. The fourth-order valence-corrected chi connectivity index (χ4v) is 2.33. The van der Waals surface area contributed by atoms with Gasteiger partial charge in [0.25, 0.3) is 0 Å². The molecular formula is C14H15FN2OS. The van der Waals surface area contributed by atoms with E-state index in [1.165, 1.54) is 10.9 Å². The molecule has 2 rings (SSSR count). The van der Waals surface area contributed by atoms with Crippen molar-refractivity contribution in [3.05, 3.63) is 52.5 Å². The van der Waals surface area contributed by atoms with Crippen LogP contribution in [-0.2, 0) is 11.2 Å². The number of para-hydroxylation sites is 1. The van der Waals surface area contributed by atoms with Crippen molar-refractivity contribution < 1.29 is 9.18 Å². The summed E-state index contributed by atoms with van der Waals surface area (Å²) in [6.45, 7) is 0.908. The summed E-state index contributed by atoms with van der Waals surface area (Å²) in [5, 5.41) is 7.59. The molecule has 0 radical (unpaired) electrons. The molecule has 3 nitrogen and oxygen atoms in total. The lowest BCUT2D eigenvalue weighted by Crippen LogP contribution is -2.29. The summed E-state index contributed by atoms with van der Waals surface area (Å²) in [6, 6.07) is 10.2. The molecule has 0 atom stereocenters. The van der Waals surface area contributed by atoms with E-state index in [1.54, 1.807) is 29.5 Å². The van der Waals surface area contributed by atoms with Gasteiger partial charge in [0, 0.05) is 11.4 Å². The van der Waals surface area contributed by atoms with Crippen molar-refractivity contribution in [1.29, 1.82) is 0 Å². The van der Waals surface area contributed by atoms with Crippen LogP contribution in [-0.4, -0.2) is 19.0 Å². The number of halogens is 1. The molecule has 0 bridgehead atoms. The summed E-state index contributed by atoms with van der Waals surface area (Å²) in [6.07, 6.45) is 0.893. The molecule has 0 aliphatic carbocycles. The number of hydrogen-bond donors (Lipinski definition) is 2. The summed E-state index contributed by atoms with van der Waals surface area (Å²) in [7, 11) is 0. The van der Waals surface area contributed by atoms with E-state index < -0.39 is 5.82 Å². The van der Waals surface area contributed by atoms with E-state index in [1.807, 2.05) is 11.4 Å². The van der Waals surface area contributed by atoms with E-state index in [9.17, 15) is 9.18 Å². The van der Waals surface area contributed by atoms with Crippen LogP contribution in [0.5, 0.6) is 0 Å². The third-order valence-corrected chi connectivity index (χ3v) is 3.50. The Bertz CT molecular complexity index is 528. The number of amides is 1. The van der Waals surface area contributed by atoms with Gasteiger partial charge in [0.2, 0.25) is 5.91 Å². The molecule has 5 heteroatoms. The molecule has 0 spiro atoms. The Morgan fingerprint density at radius 2 is 2.05 bits per heavy atom. The first-order valence-corrected chi connectivity index (χ1v) is 6.91. The summed E-state index contributed by atoms with van der Waals surface area (Å²) in [5.74, 6) is -0.661. The highest BCUT2D eigenvalue weighted by atomic mass is 32.1. The second-order valence-corrected chi connectivity index (χ2v) is 5.07. The van der Waals surface area contributed by atoms with Crippen LogP contribution in [0.15, 0.2) is 41.8 Å². The first-order valence-electron chi connectivity index (χ1n) is 6.03. The van der Waals surface area contributed by atoms with Gasteiger partial charge in [0.15, 0.2) is 0 Å². The number of carbonyl (C=O) groups excluding carboxylic acids is 1. The molecule has 1 aromatic heterocycles. The second-order valence-electron chi connectivity index (χ2n) is 4.03. The smallest absolute Gasteiger partial charge is 0.238 e. The molecule has 100 valence electrons. The van der Waals surface area contributed by atoms with Gasteiger partial charge in [-0.1, -0.05) is 18.2 Å². The molecule has 0 aliphatic rings. The van der Waals surface area contributed by atoms with Crippen molar-refractivity contribution >= 4 is 22.9 Å². The monoisotopic (exact) mass is 278 g/mol. The van der Waals surface area contributed by atoms with Crippen molar-refractivity contribution in [3.8, 4) is 0 Å². The first-order chi connectivity index (χ1) is 9.25. The molecule has 0 fully saturated rings. The van der Waals surface area contributed by atoms with Gasteiger partial charge in [-0.2, -0.15) is 0 Å². The zero-order valence-corrected chi connectivity index (χ0v) is 11.2. The third kappa shape index (κ3) is 4.46. The molecule has 0 unspecified atom stereocenters. The second kappa shape index (κ2) is 7.01. The molecular weight excluding hydrogens is 263 g/mol. The van der Waals surface area contributed by atoms with Crippen LogP contribution in [0.4, 0.5) is 10.1 Å². The van der Waals surface area contributed by atoms with Gasteiger partial charge in [-0.15, -0.1) is 11.3 Å². The van der Waals surface area contributed by atoms with E-state index in [2.05, 4.69) is 16.7 Å². The van der Waals surface area contributed by atoms with Crippen LogP contribution in [0.1, 0.15) is 4.88 Å². The molecule has 0 aliphatic heterocycles. The van der Waals surface area contributed by atoms with Gasteiger partial charge >= 0.3 is 0 Å². The minimum Gasteiger partial charge on any atom is -0.322 e. The average molecular weight is 278 g/mol. The minimum atomic E-state index is -0.422. The quantitative estimate of drug-likeness (QED) is 0.798. The zero-order chi connectivity index (χ0) is 13.5. The Morgan fingerprint density at radius 1 is 1.21 bits per heavy atom. The highest BCUT2D eigenvalue weighted by Crippen LogP contribution is 2.11. The van der Waals surface area contributed by atoms with E-state index in [0.717, 1.165) is 13.0 Å². The number of thiophene rings is 1. The number of nitrogens with one attached hydrogen (secondary N) is 2. The maximum atomic E-state index is 13.3. The highest BCUT2D eigenvalue weighted by Gasteiger charge is 2.05. The standard InChI is InChI=1S/C14H15FN2OS/c15-12-5-1-2-6-13(12)17-14(18)10-16-8-7-11-4-3-9-19-11/h1-6,9,16H,7-8,10H2,(H,17,18). The summed E-state index contributed by atoms with van der Waals surface area (Å²) < 4.78 is 13.3. The fourth-order valence-electron chi connectivity index (χ4n) is 1.63. The van der Waals surface area contributed by atoms with Crippen LogP contribution in [0.2, 0.25) is 0 Å². The molecule has 0 saturated heterocycles. The lowest BCUT2D eigenvalue weighted by molar-refractivity contribution is -0.115. The van der Waals surface area contributed by atoms with E-state index in [4.69, 9.17) is 0 Å². The summed E-state index contributed by atoms with van der Waals surface area (Å²) in [4.78, 5) is 12.9. The Balaban J connectivity index is 1.69. The molecule has 2 N–H and O–H groups in total. The number of benzene rings is 1. The van der Waals surface area contributed by atoms with Crippen molar-refractivity contribution in [2.24, 2.45) is 0 Å². The van der Waals surface area contributed by atoms with Crippen LogP contribution < -0.4 is 10.6 Å². The SMILES string of the molecule is O=C(CNCCc1cccs1)Nc1ccccc1F.